The van der Waals surface area contributed by atoms with Crippen molar-refractivity contribution in [3.8, 4) is 5.69 Å². The SMILES string of the molecule is NC(=O)CSc1ccccc1NCc1nnnn1-c1ccccc1. The van der Waals surface area contributed by atoms with E-state index in [9.17, 15) is 4.79 Å². The van der Waals surface area contributed by atoms with E-state index in [0.29, 0.717) is 12.4 Å². The van der Waals surface area contributed by atoms with E-state index in [1.807, 2.05) is 54.6 Å². The van der Waals surface area contributed by atoms with Crippen molar-refractivity contribution >= 4 is 23.4 Å². The lowest BCUT2D eigenvalue weighted by Gasteiger charge is -2.11. The fourth-order valence-corrected chi connectivity index (χ4v) is 2.92. The number of nitrogens with one attached hydrogen (secondary N) is 1. The summed E-state index contributed by atoms with van der Waals surface area (Å²) < 4.78 is 1.69. The third kappa shape index (κ3) is 3.90. The van der Waals surface area contributed by atoms with E-state index >= 15 is 0 Å². The Morgan fingerprint density at radius 3 is 2.67 bits per heavy atom. The molecule has 1 amide bonds. The lowest BCUT2D eigenvalue weighted by molar-refractivity contribution is -0.115. The predicted octanol–water partition coefficient (Wildman–Crippen LogP) is 1.85. The van der Waals surface area contributed by atoms with Gasteiger partial charge in [0.05, 0.1) is 18.0 Å². The van der Waals surface area contributed by atoms with Crippen LogP contribution in [0.25, 0.3) is 5.69 Å². The molecule has 2 aromatic carbocycles. The molecule has 1 aromatic heterocycles. The minimum absolute atomic E-state index is 0.237. The van der Waals surface area contributed by atoms with Crippen LogP contribution in [0.4, 0.5) is 5.69 Å². The van der Waals surface area contributed by atoms with Crippen molar-refractivity contribution in [2.75, 3.05) is 11.1 Å². The smallest absolute Gasteiger partial charge is 0.227 e. The van der Waals surface area contributed by atoms with Gasteiger partial charge in [0, 0.05) is 10.6 Å². The van der Waals surface area contributed by atoms with Gasteiger partial charge < -0.3 is 11.1 Å². The monoisotopic (exact) mass is 340 g/mol. The first-order chi connectivity index (χ1) is 11.7. The molecule has 0 saturated heterocycles. The number of hydrogen-bond donors (Lipinski definition) is 2. The quantitative estimate of drug-likeness (QED) is 0.637. The van der Waals surface area contributed by atoms with Crippen molar-refractivity contribution in [2.24, 2.45) is 5.73 Å². The van der Waals surface area contributed by atoms with Crippen molar-refractivity contribution in [3.05, 3.63) is 60.4 Å². The number of aromatic nitrogens is 4. The average Bonchev–Trinajstić information content (AvgIpc) is 3.08. The van der Waals surface area contributed by atoms with Gasteiger partial charge in [0.25, 0.3) is 0 Å². The summed E-state index contributed by atoms with van der Waals surface area (Å²) in [6.07, 6.45) is 0. The second-order valence-electron chi connectivity index (χ2n) is 4.95. The highest BCUT2D eigenvalue weighted by Gasteiger charge is 2.09. The summed E-state index contributed by atoms with van der Waals surface area (Å²) in [5.41, 5.74) is 7.02. The molecule has 0 radical (unpaired) electrons. The van der Waals surface area contributed by atoms with Crippen LogP contribution in [0.2, 0.25) is 0 Å². The first-order valence-electron chi connectivity index (χ1n) is 7.31. The van der Waals surface area contributed by atoms with Crippen molar-refractivity contribution < 1.29 is 4.79 Å². The standard InChI is InChI=1S/C16H16N6OS/c17-15(23)11-24-14-9-5-4-8-13(14)18-10-16-19-20-21-22(16)12-6-2-1-3-7-12/h1-9,18H,10-11H2,(H2,17,23). The van der Waals surface area contributed by atoms with Crippen LogP contribution in [0.5, 0.6) is 0 Å². The predicted molar refractivity (Wildman–Crippen MR) is 92.8 cm³/mol. The molecule has 0 fully saturated rings. The van der Waals surface area contributed by atoms with Crippen molar-refractivity contribution in [1.29, 1.82) is 0 Å². The molecule has 0 atom stereocenters. The Kier molecular flexibility index (Phi) is 5.07. The molecule has 24 heavy (non-hydrogen) atoms. The summed E-state index contributed by atoms with van der Waals surface area (Å²) in [6.45, 7) is 0.454. The van der Waals surface area contributed by atoms with Crippen molar-refractivity contribution in [3.63, 3.8) is 0 Å². The van der Waals surface area contributed by atoms with Gasteiger partial charge in [-0.05, 0) is 34.7 Å². The highest BCUT2D eigenvalue weighted by Crippen LogP contribution is 2.27. The van der Waals surface area contributed by atoms with Gasteiger partial charge in [0.2, 0.25) is 5.91 Å². The number of carbonyl (C=O) groups excluding carboxylic acids is 1. The van der Waals surface area contributed by atoms with E-state index in [4.69, 9.17) is 5.73 Å². The maximum Gasteiger partial charge on any atom is 0.227 e. The largest absolute Gasteiger partial charge is 0.377 e. The number of amides is 1. The lowest BCUT2D eigenvalue weighted by Crippen LogP contribution is -2.13. The third-order valence-electron chi connectivity index (χ3n) is 3.23. The number of tetrazole rings is 1. The first-order valence-corrected chi connectivity index (χ1v) is 8.29. The van der Waals surface area contributed by atoms with Crippen molar-refractivity contribution in [2.45, 2.75) is 11.4 Å². The van der Waals surface area contributed by atoms with E-state index in [1.54, 1.807) is 4.68 Å². The summed E-state index contributed by atoms with van der Waals surface area (Å²) in [5, 5.41) is 15.2. The Morgan fingerprint density at radius 1 is 1.12 bits per heavy atom. The first kappa shape index (κ1) is 16.0. The number of nitrogens with zero attached hydrogens (tertiary/aromatic N) is 4. The zero-order chi connectivity index (χ0) is 16.8. The lowest BCUT2D eigenvalue weighted by atomic mass is 10.3. The van der Waals surface area contributed by atoms with Gasteiger partial charge in [-0.2, -0.15) is 4.68 Å². The summed E-state index contributed by atoms with van der Waals surface area (Å²) >= 11 is 1.40. The molecule has 0 aliphatic carbocycles. The molecule has 122 valence electrons. The number of primary amides is 1. The molecular formula is C16H16N6OS. The van der Waals surface area contributed by atoms with Crippen LogP contribution in [0.1, 0.15) is 5.82 Å². The molecule has 1 heterocycles. The maximum atomic E-state index is 11.0. The minimum atomic E-state index is -0.345. The van der Waals surface area contributed by atoms with Crippen LogP contribution in [-0.2, 0) is 11.3 Å². The summed E-state index contributed by atoms with van der Waals surface area (Å²) in [5.74, 6) is 0.583. The van der Waals surface area contributed by atoms with Crippen LogP contribution in [0.15, 0.2) is 59.5 Å². The summed E-state index contributed by atoms with van der Waals surface area (Å²) in [4.78, 5) is 11.9. The molecule has 7 nitrogen and oxygen atoms in total. The van der Waals surface area contributed by atoms with E-state index in [0.717, 1.165) is 16.3 Å². The molecule has 0 aliphatic rings. The molecule has 8 heteroatoms. The number of anilines is 1. The van der Waals surface area contributed by atoms with Crippen molar-refractivity contribution in [1.82, 2.24) is 20.2 Å². The maximum absolute atomic E-state index is 11.0. The van der Waals surface area contributed by atoms with Gasteiger partial charge in [0.1, 0.15) is 0 Å². The van der Waals surface area contributed by atoms with Crippen LogP contribution in [-0.4, -0.2) is 31.9 Å². The average molecular weight is 340 g/mol. The van der Waals surface area contributed by atoms with E-state index in [2.05, 4.69) is 20.8 Å². The Balaban J connectivity index is 1.73. The minimum Gasteiger partial charge on any atom is -0.377 e. The summed E-state index contributed by atoms with van der Waals surface area (Å²) in [6, 6.07) is 17.4. The van der Waals surface area contributed by atoms with Gasteiger partial charge in [-0.3, -0.25) is 4.79 Å². The fraction of sp³-hybridized carbons (Fsp3) is 0.125. The van der Waals surface area contributed by atoms with Gasteiger partial charge in [-0.15, -0.1) is 16.9 Å². The number of rotatable bonds is 7. The zero-order valence-electron chi connectivity index (χ0n) is 12.8. The topological polar surface area (TPSA) is 98.7 Å². The normalized spacial score (nSPS) is 10.5. The zero-order valence-corrected chi connectivity index (χ0v) is 13.6. The number of benzene rings is 2. The van der Waals surface area contributed by atoms with E-state index in [1.165, 1.54) is 11.8 Å². The van der Waals surface area contributed by atoms with E-state index in [-0.39, 0.29) is 11.7 Å². The molecule has 0 aliphatic heterocycles. The van der Waals surface area contributed by atoms with Crippen LogP contribution in [0.3, 0.4) is 0 Å². The number of nitrogens with two attached hydrogens (primary N) is 1. The van der Waals surface area contributed by atoms with Gasteiger partial charge in [0.15, 0.2) is 5.82 Å². The molecule has 0 unspecified atom stereocenters. The Hall–Kier alpha value is -2.87. The Morgan fingerprint density at radius 2 is 1.88 bits per heavy atom. The molecule has 0 saturated carbocycles. The molecule has 3 N–H and O–H groups in total. The fourth-order valence-electron chi connectivity index (χ4n) is 2.15. The molecule has 0 spiro atoms. The second kappa shape index (κ2) is 7.60. The molecule has 3 rings (SSSR count). The number of hydrogen-bond acceptors (Lipinski definition) is 6. The van der Waals surface area contributed by atoms with Crippen LogP contribution in [0, 0.1) is 0 Å². The Bertz CT molecular complexity index is 820. The number of carbonyl (C=O) groups is 1. The molecular weight excluding hydrogens is 324 g/mol. The van der Waals surface area contributed by atoms with Crippen LogP contribution >= 0.6 is 11.8 Å². The summed E-state index contributed by atoms with van der Waals surface area (Å²) in [7, 11) is 0. The molecule has 0 bridgehead atoms. The van der Waals surface area contributed by atoms with Crippen LogP contribution < -0.4 is 11.1 Å². The third-order valence-corrected chi connectivity index (χ3v) is 4.32. The van der Waals surface area contributed by atoms with Gasteiger partial charge in [-0.25, -0.2) is 0 Å². The Labute approximate surface area is 143 Å². The highest BCUT2D eigenvalue weighted by atomic mass is 32.2. The number of thioether (sulfide) groups is 1. The highest BCUT2D eigenvalue weighted by molar-refractivity contribution is 8.00. The van der Waals surface area contributed by atoms with Gasteiger partial charge >= 0.3 is 0 Å². The van der Waals surface area contributed by atoms with E-state index < -0.39 is 0 Å². The molecule has 3 aromatic rings. The number of para-hydroxylation sites is 2. The van der Waals surface area contributed by atoms with Gasteiger partial charge in [-0.1, -0.05) is 30.3 Å². The second-order valence-corrected chi connectivity index (χ2v) is 5.96.